The smallest absolute Gasteiger partial charge is 0.210 e. The van der Waals surface area contributed by atoms with Gasteiger partial charge in [0.1, 0.15) is 0 Å². The zero-order chi connectivity index (χ0) is 13.6. The molecule has 1 saturated carbocycles. The largest absolute Gasteiger partial charge is 0.325 e. The van der Waals surface area contributed by atoms with Crippen LogP contribution >= 0.6 is 0 Å². The summed E-state index contributed by atoms with van der Waals surface area (Å²) >= 11 is 0. The van der Waals surface area contributed by atoms with E-state index in [-0.39, 0.29) is 0 Å². The summed E-state index contributed by atoms with van der Waals surface area (Å²) in [6.07, 6.45) is 6.44. The summed E-state index contributed by atoms with van der Waals surface area (Å²) in [5, 5.41) is 3.21. The summed E-state index contributed by atoms with van der Waals surface area (Å²) in [5.41, 5.74) is 4.04. The molecule has 104 valence electrons. The third-order valence-electron chi connectivity index (χ3n) is 4.16. The Morgan fingerprint density at radius 1 is 1.26 bits per heavy atom. The standard InChI is InChI=1S/C15H24N4/c1-2-15(10-6-7-11-15)12-17-14(19-16)18-13-8-4-3-5-9-13/h3-5,8-9H,2,6-7,10-12,16H2,1H3,(H2,17,18,19). The number of nitrogens with one attached hydrogen (secondary N) is 2. The van der Waals surface area contributed by atoms with Crippen LogP contribution in [-0.4, -0.2) is 12.5 Å². The Balaban J connectivity index is 1.99. The molecule has 0 amide bonds. The highest BCUT2D eigenvalue weighted by atomic mass is 15.3. The topological polar surface area (TPSA) is 62.4 Å². The molecular formula is C15H24N4. The molecule has 2 rings (SSSR count). The molecule has 1 aliphatic rings. The molecule has 0 spiro atoms. The van der Waals surface area contributed by atoms with Crippen LogP contribution < -0.4 is 16.6 Å². The number of para-hydroxylation sites is 1. The molecule has 1 aromatic rings. The van der Waals surface area contributed by atoms with E-state index >= 15 is 0 Å². The van der Waals surface area contributed by atoms with E-state index in [2.05, 4.69) is 22.7 Å². The Morgan fingerprint density at radius 2 is 1.95 bits per heavy atom. The fourth-order valence-electron chi connectivity index (χ4n) is 2.77. The number of guanidine groups is 1. The fourth-order valence-corrected chi connectivity index (χ4v) is 2.77. The van der Waals surface area contributed by atoms with Gasteiger partial charge in [0.25, 0.3) is 0 Å². The maximum atomic E-state index is 5.55. The summed E-state index contributed by atoms with van der Waals surface area (Å²) in [6.45, 7) is 3.11. The highest BCUT2D eigenvalue weighted by molar-refractivity contribution is 5.93. The third kappa shape index (κ3) is 3.70. The first-order valence-electron chi connectivity index (χ1n) is 7.11. The van der Waals surface area contributed by atoms with Crippen LogP contribution in [0.3, 0.4) is 0 Å². The van der Waals surface area contributed by atoms with Crippen LogP contribution in [0.25, 0.3) is 0 Å². The number of rotatable bonds is 4. The average Bonchev–Trinajstić information content (AvgIpc) is 2.94. The maximum absolute atomic E-state index is 5.55. The lowest BCUT2D eigenvalue weighted by atomic mass is 9.84. The van der Waals surface area contributed by atoms with E-state index in [9.17, 15) is 0 Å². The molecule has 0 unspecified atom stereocenters. The molecule has 4 nitrogen and oxygen atoms in total. The van der Waals surface area contributed by atoms with Crippen molar-refractivity contribution in [1.29, 1.82) is 0 Å². The molecule has 1 aliphatic carbocycles. The maximum Gasteiger partial charge on any atom is 0.210 e. The molecule has 4 heteroatoms. The van der Waals surface area contributed by atoms with Gasteiger partial charge in [0.05, 0.1) is 0 Å². The van der Waals surface area contributed by atoms with Crippen LogP contribution in [0.15, 0.2) is 35.3 Å². The lowest BCUT2D eigenvalue weighted by Crippen LogP contribution is -2.37. The van der Waals surface area contributed by atoms with Crippen molar-refractivity contribution in [2.45, 2.75) is 39.0 Å². The first kappa shape index (κ1) is 13.9. The molecule has 0 atom stereocenters. The minimum absolute atomic E-state index is 0.389. The number of anilines is 1. The second-order valence-electron chi connectivity index (χ2n) is 5.36. The first-order valence-corrected chi connectivity index (χ1v) is 7.11. The number of nitrogens with zero attached hydrogens (tertiary/aromatic N) is 1. The second kappa shape index (κ2) is 6.57. The van der Waals surface area contributed by atoms with Crippen LogP contribution in [-0.2, 0) is 0 Å². The number of hydrazine groups is 1. The highest BCUT2D eigenvalue weighted by Crippen LogP contribution is 2.41. The monoisotopic (exact) mass is 260 g/mol. The molecule has 1 aromatic carbocycles. The minimum Gasteiger partial charge on any atom is -0.325 e. The fraction of sp³-hybridized carbons (Fsp3) is 0.533. The highest BCUT2D eigenvalue weighted by Gasteiger charge is 2.31. The number of benzene rings is 1. The molecule has 0 aromatic heterocycles. The molecule has 0 aliphatic heterocycles. The van der Waals surface area contributed by atoms with Gasteiger partial charge in [-0.15, -0.1) is 0 Å². The van der Waals surface area contributed by atoms with Crippen LogP contribution in [0, 0.1) is 5.41 Å². The Labute approximate surface area is 115 Å². The Hall–Kier alpha value is -1.55. The van der Waals surface area contributed by atoms with Gasteiger partial charge in [-0.2, -0.15) is 0 Å². The van der Waals surface area contributed by atoms with Gasteiger partial charge in [0, 0.05) is 12.2 Å². The van der Waals surface area contributed by atoms with Crippen molar-refractivity contribution >= 4 is 11.6 Å². The lowest BCUT2D eigenvalue weighted by Gasteiger charge is -2.25. The summed E-state index contributed by atoms with van der Waals surface area (Å²) in [6, 6.07) is 9.96. The third-order valence-corrected chi connectivity index (χ3v) is 4.16. The number of hydrogen-bond donors (Lipinski definition) is 3. The molecule has 0 radical (unpaired) electrons. The number of aliphatic imine (C=N–C) groups is 1. The molecular weight excluding hydrogens is 236 g/mol. The Bertz CT molecular complexity index is 407. The van der Waals surface area contributed by atoms with Gasteiger partial charge >= 0.3 is 0 Å². The van der Waals surface area contributed by atoms with E-state index in [0.29, 0.717) is 11.4 Å². The lowest BCUT2D eigenvalue weighted by molar-refractivity contribution is 0.297. The van der Waals surface area contributed by atoms with E-state index in [1.165, 1.54) is 32.1 Å². The van der Waals surface area contributed by atoms with Gasteiger partial charge in [-0.3, -0.25) is 10.4 Å². The summed E-state index contributed by atoms with van der Waals surface area (Å²) in [7, 11) is 0. The normalized spacial score (nSPS) is 18.3. The summed E-state index contributed by atoms with van der Waals surface area (Å²) in [5.74, 6) is 6.19. The van der Waals surface area contributed by atoms with Crippen molar-refractivity contribution < 1.29 is 0 Å². The SMILES string of the molecule is CCC1(CN=C(NN)Nc2ccccc2)CCCC1. The van der Waals surface area contributed by atoms with Crippen molar-refractivity contribution in [2.24, 2.45) is 16.3 Å². The second-order valence-corrected chi connectivity index (χ2v) is 5.36. The zero-order valence-corrected chi connectivity index (χ0v) is 11.7. The van der Waals surface area contributed by atoms with Crippen LogP contribution in [0.2, 0.25) is 0 Å². The van der Waals surface area contributed by atoms with Crippen LogP contribution in [0.1, 0.15) is 39.0 Å². The van der Waals surface area contributed by atoms with Crippen molar-refractivity contribution in [1.82, 2.24) is 5.43 Å². The predicted octanol–water partition coefficient (Wildman–Crippen LogP) is 2.89. The molecule has 0 saturated heterocycles. The zero-order valence-electron chi connectivity index (χ0n) is 11.7. The average molecular weight is 260 g/mol. The molecule has 0 bridgehead atoms. The van der Waals surface area contributed by atoms with Crippen molar-refractivity contribution in [3.8, 4) is 0 Å². The van der Waals surface area contributed by atoms with Gasteiger partial charge in [-0.1, -0.05) is 38.0 Å². The Morgan fingerprint density at radius 3 is 2.53 bits per heavy atom. The predicted molar refractivity (Wildman–Crippen MR) is 80.9 cm³/mol. The van der Waals surface area contributed by atoms with Crippen molar-refractivity contribution in [3.05, 3.63) is 30.3 Å². The van der Waals surface area contributed by atoms with Gasteiger partial charge in [-0.05, 0) is 36.8 Å². The van der Waals surface area contributed by atoms with Gasteiger partial charge in [-0.25, -0.2) is 5.84 Å². The van der Waals surface area contributed by atoms with Crippen LogP contribution in [0.4, 0.5) is 5.69 Å². The number of nitrogens with two attached hydrogens (primary N) is 1. The van der Waals surface area contributed by atoms with Gasteiger partial charge < -0.3 is 5.32 Å². The van der Waals surface area contributed by atoms with Gasteiger partial charge in [0.15, 0.2) is 0 Å². The summed E-state index contributed by atoms with van der Waals surface area (Å²) < 4.78 is 0. The number of hydrogen-bond acceptors (Lipinski definition) is 2. The van der Waals surface area contributed by atoms with E-state index in [4.69, 9.17) is 5.84 Å². The van der Waals surface area contributed by atoms with E-state index in [1.807, 2.05) is 30.3 Å². The molecule has 19 heavy (non-hydrogen) atoms. The molecule has 0 heterocycles. The van der Waals surface area contributed by atoms with Crippen molar-refractivity contribution in [3.63, 3.8) is 0 Å². The first-order chi connectivity index (χ1) is 9.28. The molecule has 4 N–H and O–H groups in total. The molecule has 1 fully saturated rings. The quantitative estimate of drug-likeness (QED) is 0.337. The van der Waals surface area contributed by atoms with Crippen molar-refractivity contribution in [2.75, 3.05) is 11.9 Å². The van der Waals surface area contributed by atoms with E-state index in [0.717, 1.165) is 12.2 Å². The minimum atomic E-state index is 0.389. The summed E-state index contributed by atoms with van der Waals surface area (Å²) in [4.78, 5) is 4.63. The Kier molecular flexibility index (Phi) is 4.80. The van der Waals surface area contributed by atoms with E-state index < -0.39 is 0 Å². The van der Waals surface area contributed by atoms with E-state index in [1.54, 1.807) is 0 Å². The van der Waals surface area contributed by atoms with Crippen LogP contribution in [0.5, 0.6) is 0 Å². The van der Waals surface area contributed by atoms with Gasteiger partial charge in [0.2, 0.25) is 5.96 Å².